The Kier molecular flexibility index (Phi) is 4.63. The van der Waals surface area contributed by atoms with Gasteiger partial charge in [-0.15, -0.1) is 0 Å². The third-order valence-electron chi connectivity index (χ3n) is 3.03. The predicted octanol–water partition coefficient (Wildman–Crippen LogP) is 2.89. The van der Waals surface area contributed by atoms with E-state index >= 15 is 0 Å². The van der Waals surface area contributed by atoms with Crippen molar-refractivity contribution in [2.45, 2.75) is 19.3 Å². The summed E-state index contributed by atoms with van der Waals surface area (Å²) in [6.45, 7) is 0.582. The number of phenols is 1. The van der Waals surface area contributed by atoms with Crippen molar-refractivity contribution < 1.29 is 9.90 Å². The molecule has 0 saturated heterocycles. The molecule has 1 aliphatic carbocycles. The van der Waals surface area contributed by atoms with E-state index in [1.807, 2.05) is 12.1 Å². The van der Waals surface area contributed by atoms with E-state index < -0.39 is 0 Å². The molecule has 4 heteroatoms. The molecule has 0 fully saturated rings. The first-order valence-corrected chi connectivity index (χ1v) is 6.64. The van der Waals surface area contributed by atoms with Crippen molar-refractivity contribution in [1.82, 2.24) is 5.32 Å². The van der Waals surface area contributed by atoms with Gasteiger partial charge in [-0.25, -0.2) is 0 Å². The zero-order valence-electron chi connectivity index (χ0n) is 10.5. The molecule has 1 aromatic carbocycles. The van der Waals surface area contributed by atoms with Gasteiger partial charge in [0.15, 0.2) is 0 Å². The van der Waals surface area contributed by atoms with Gasteiger partial charge in [0.25, 0.3) is 0 Å². The normalized spacial score (nSPS) is 14.6. The zero-order valence-corrected chi connectivity index (χ0v) is 11.3. The number of halogens is 1. The SMILES string of the molecule is O=C(NCCc1ccc(O)cc1)C1=CC=C(Cl)CC1. The second-order valence-electron chi connectivity index (χ2n) is 4.48. The number of aromatic hydroxyl groups is 1. The Morgan fingerprint density at radius 3 is 2.58 bits per heavy atom. The third-order valence-corrected chi connectivity index (χ3v) is 3.34. The molecule has 2 N–H and O–H groups in total. The van der Waals surface area contributed by atoms with E-state index in [2.05, 4.69) is 5.32 Å². The average molecular weight is 278 g/mol. The van der Waals surface area contributed by atoms with Crippen LogP contribution in [0.5, 0.6) is 5.75 Å². The number of carbonyl (C=O) groups excluding carboxylic acids is 1. The van der Waals surface area contributed by atoms with E-state index in [0.29, 0.717) is 13.0 Å². The van der Waals surface area contributed by atoms with Gasteiger partial charge in [0.05, 0.1) is 0 Å². The molecule has 2 rings (SSSR count). The first-order valence-electron chi connectivity index (χ1n) is 6.26. The Morgan fingerprint density at radius 1 is 1.21 bits per heavy atom. The molecule has 0 aromatic heterocycles. The van der Waals surface area contributed by atoms with E-state index in [9.17, 15) is 4.79 Å². The molecule has 0 atom stereocenters. The average Bonchev–Trinajstić information content (AvgIpc) is 2.41. The summed E-state index contributed by atoms with van der Waals surface area (Å²) in [5, 5.41) is 12.8. The second kappa shape index (κ2) is 6.43. The van der Waals surface area contributed by atoms with Crippen molar-refractivity contribution >= 4 is 17.5 Å². The summed E-state index contributed by atoms with van der Waals surface area (Å²) >= 11 is 5.85. The smallest absolute Gasteiger partial charge is 0.247 e. The van der Waals surface area contributed by atoms with E-state index in [1.54, 1.807) is 24.3 Å². The number of carbonyl (C=O) groups is 1. The highest BCUT2D eigenvalue weighted by atomic mass is 35.5. The molecular formula is C15H16ClNO2. The molecule has 0 aliphatic heterocycles. The van der Waals surface area contributed by atoms with Gasteiger partial charge in [-0.05, 0) is 43.0 Å². The lowest BCUT2D eigenvalue weighted by atomic mass is 10.0. The van der Waals surface area contributed by atoms with Crippen LogP contribution in [0.15, 0.2) is 47.0 Å². The Morgan fingerprint density at radius 2 is 1.95 bits per heavy atom. The molecule has 0 radical (unpaired) electrons. The van der Waals surface area contributed by atoms with Crippen molar-refractivity contribution in [3.05, 3.63) is 52.6 Å². The Bertz CT molecular complexity index is 517. The molecule has 0 unspecified atom stereocenters. The van der Waals surface area contributed by atoms with Crippen LogP contribution in [0.4, 0.5) is 0 Å². The third kappa shape index (κ3) is 4.14. The molecule has 1 aliphatic rings. The van der Waals surface area contributed by atoms with E-state index in [4.69, 9.17) is 16.7 Å². The molecule has 100 valence electrons. The fourth-order valence-electron chi connectivity index (χ4n) is 1.90. The van der Waals surface area contributed by atoms with E-state index in [-0.39, 0.29) is 11.7 Å². The standard InChI is InChI=1S/C15H16ClNO2/c16-13-5-3-12(4-6-13)15(19)17-10-9-11-1-7-14(18)8-2-11/h1-3,5,7-8,18H,4,6,9-10H2,(H,17,19). The number of phenolic OH excluding ortho intramolecular Hbond substituents is 1. The number of benzene rings is 1. The van der Waals surface area contributed by atoms with Gasteiger partial charge in [0.2, 0.25) is 5.91 Å². The van der Waals surface area contributed by atoms with Gasteiger partial charge in [0.1, 0.15) is 5.75 Å². The van der Waals surface area contributed by atoms with Crippen LogP contribution in [-0.2, 0) is 11.2 Å². The number of amides is 1. The van der Waals surface area contributed by atoms with E-state index in [1.165, 1.54) is 0 Å². The molecule has 19 heavy (non-hydrogen) atoms. The summed E-state index contributed by atoms with van der Waals surface area (Å²) in [7, 11) is 0. The maximum absolute atomic E-state index is 11.9. The van der Waals surface area contributed by atoms with Crippen LogP contribution in [0, 0.1) is 0 Å². The predicted molar refractivity (Wildman–Crippen MR) is 76.1 cm³/mol. The fraction of sp³-hybridized carbons (Fsp3) is 0.267. The topological polar surface area (TPSA) is 49.3 Å². The first-order chi connectivity index (χ1) is 9.15. The van der Waals surface area contributed by atoms with Crippen molar-refractivity contribution in [1.29, 1.82) is 0 Å². The maximum Gasteiger partial charge on any atom is 0.247 e. The van der Waals surface area contributed by atoms with Crippen LogP contribution in [0.2, 0.25) is 0 Å². The summed E-state index contributed by atoms with van der Waals surface area (Å²) in [6.07, 6.45) is 5.73. The number of nitrogens with one attached hydrogen (secondary N) is 1. The largest absolute Gasteiger partial charge is 0.508 e. The van der Waals surface area contributed by atoms with Crippen LogP contribution in [0.1, 0.15) is 18.4 Å². The van der Waals surface area contributed by atoms with Gasteiger partial charge in [-0.3, -0.25) is 4.79 Å². The number of allylic oxidation sites excluding steroid dienone is 3. The molecule has 0 spiro atoms. The lowest BCUT2D eigenvalue weighted by Crippen LogP contribution is -2.27. The minimum absolute atomic E-state index is 0.0285. The van der Waals surface area contributed by atoms with Crippen molar-refractivity contribution in [3.8, 4) is 5.75 Å². The van der Waals surface area contributed by atoms with Crippen molar-refractivity contribution in [2.75, 3.05) is 6.54 Å². The summed E-state index contributed by atoms with van der Waals surface area (Å²) in [5.74, 6) is 0.225. The van der Waals surface area contributed by atoms with Crippen LogP contribution in [0.25, 0.3) is 0 Å². The molecule has 0 heterocycles. The Hall–Kier alpha value is -1.74. The number of hydrogen-bond donors (Lipinski definition) is 2. The lowest BCUT2D eigenvalue weighted by Gasteiger charge is -2.11. The summed E-state index contributed by atoms with van der Waals surface area (Å²) in [5.41, 5.74) is 1.86. The fourth-order valence-corrected chi connectivity index (χ4v) is 2.05. The summed E-state index contributed by atoms with van der Waals surface area (Å²) < 4.78 is 0. The highest BCUT2D eigenvalue weighted by Gasteiger charge is 2.11. The summed E-state index contributed by atoms with van der Waals surface area (Å²) in [4.78, 5) is 11.9. The quantitative estimate of drug-likeness (QED) is 0.889. The van der Waals surface area contributed by atoms with Crippen LogP contribution in [0.3, 0.4) is 0 Å². The molecule has 0 bridgehead atoms. The van der Waals surface area contributed by atoms with Gasteiger partial charge in [-0.2, -0.15) is 0 Å². The van der Waals surface area contributed by atoms with Gasteiger partial charge >= 0.3 is 0 Å². The molecule has 0 saturated carbocycles. The van der Waals surface area contributed by atoms with Crippen LogP contribution >= 0.6 is 11.6 Å². The molecule has 3 nitrogen and oxygen atoms in total. The minimum atomic E-state index is -0.0285. The van der Waals surface area contributed by atoms with Gasteiger partial charge in [-0.1, -0.05) is 29.8 Å². The lowest BCUT2D eigenvalue weighted by molar-refractivity contribution is -0.117. The van der Waals surface area contributed by atoms with Crippen molar-refractivity contribution in [3.63, 3.8) is 0 Å². The Balaban J connectivity index is 1.80. The van der Waals surface area contributed by atoms with Crippen molar-refractivity contribution in [2.24, 2.45) is 0 Å². The van der Waals surface area contributed by atoms with E-state index in [0.717, 1.165) is 29.0 Å². The maximum atomic E-state index is 11.9. The van der Waals surface area contributed by atoms with Crippen LogP contribution < -0.4 is 5.32 Å². The zero-order chi connectivity index (χ0) is 13.7. The number of hydrogen-bond acceptors (Lipinski definition) is 2. The second-order valence-corrected chi connectivity index (χ2v) is 4.96. The minimum Gasteiger partial charge on any atom is -0.508 e. The van der Waals surface area contributed by atoms with Gasteiger partial charge < -0.3 is 10.4 Å². The first kappa shape index (κ1) is 13.7. The molecule has 1 amide bonds. The highest BCUT2D eigenvalue weighted by molar-refractivity contribution is 6.29. The van der Waals surface area contributed by atoms with Gasteiger partial charge in [0, 0.05) is 17.2 Å². The molecular weight excluding hydrogens is 262 g/mol. The number of rotatable bonds is 4. The molecule has 1 aromatic rings. The van der Waals surface area contributed by atoms with Crippen LogP contribution in [-0.4, -0.2) is 17.6 Å². The Labute approximate surface area is 117 Å². The monoisotopic (exact) mass is 277 g/mol. The highest BCUT2D eigenvalue weighted by Crippen LogP contribution is 2.20. The summed E-state index contributed by atoms with van der Waals surface area (Å²) in [6, 6.07) is 7.00.